The number of benzene rings is 2. The van der Waals surface area contributed by atoms with E-state index in [2.05, 4.69) is 15.0 Å². The van der Waals surface area contributed by atoms with Crippen LogP contribution in [0.15, 0.2) is 51.9 Å². The highest BCUT2D eigenvalue weighted by molar-refractivity contribution is 7.89. The molecule has 4 rings (SSSR count). The van der Waals surface area contributed by atoms with Gasteiger partial charge in [0.15, 0.2) is 0 Å². The Balaban J connectivity index is 1.25. The summed E-state index contributed by atoms with van der Waals surface area (Å²) in [5.74, 6) is 0.604. The van der Waals surface area contributed by atoms with Gasteiger partial charge in [0.1, 0.15) is 5.82 Å². The first-order valence-corrected chi connectivity index (χ1v) is 12.2. The first-order valence-electron chi connectivity index (χ1n) is 10.7. The largest absolute Gasteiger partial charge is 0.339 e. The lowest BCUT2D eigenvalue weighted by Crippen LogP contribution is -2.48. The Morgan fingerprint density at radius 1 is 1.03 bits per heavy atom. The van der Waals surface area contributed by atoms with Gasteiger partial charge in [-0.05, 0) is 50.6 Å². The number of aryl methyl sites for hydroxylation is 3. The van der Waals surface area contributed by atoms with Crippen LogP contribution in [0.25, 0.3) is 11.4 Å². The molecule has 0 saturated carbocycles. The third-order valence-electron chi connectivity index (χ3n) is 5.75. The summed E-state index contributed by atoms with van der Waals surface area (Å²) in [5, 5.41) is 3.95. The lowest BCUT2D eigenvalue weighted by Gasteiger charge is -2.33. The maximum absolute atomic E-state index is 13.8. The van der Waals surface area contributed by atoms with E-state index in [9.17, 15) is 12.8 Å². The normalized spacial score (nSPS) is 15.8. The van der Waals surface area contributed by atoms with E-state index < -0.39 is 10.0 Å². The maximum atomic E-state index is 13.8. The molecule has 7 nitrogen and oxygen atoms in total. The molecule has 2 aromatic carbocycles. The molecule has 9 heteroatoms. The average molecular weight is 459 g/mol. The Hall–Kier alpha value is -2.62. The van der Waals surface area contributed by atoms with E-state index in [0.717, 1.165) is 18.5 Å². The molecular weight excluding hydrogens is 431 g/mol. The van der Waals surface area contributed by atoms with Crippen molar-refractivity contribution < 1.29 is 17.3 Å². The van der Waals surface area contributed by atoms with Crippen molar-refractivity contribution in [3.63, 3.8) is 0 Å². The fourth-order valence-electron chi connectivity index (χ4n) is 3.71. The SMILES string of the molecule is Cc1ccc(S(=O)(=O)N2CCN(CCCc3nc(-c4ccc(C)c(F)c4)no3)CC2)cc1. The molecule has 170 valence electrons. The van der Waals surface area contributed by atoms with Gasteiger partial charge in [-0.3, -0.25) is 0 Å². The van der Waals surface area contributed by atoms with Crippen LogP contribution in [0.5, 0.6) is 0 Å². The van der Waals surface area contributed by atoms with Gasteiger partial charge in [-0.2, -0.15) is 9.29 Å². The Labute approximate surface area is 187 Å². The number of rotatable bonds is 7. The van der Waals surface area contributed by atoms with Crippen LogP contribution >= 0.6 is 0 Å². The molecule has 1 saturated heterocycles. The van der Waals surface area contributed by atoms with Gasteiger partial charge in [-0.15, -0.1) is 0 Å². The number of sulfonamides is 1. The molecule has 0 aliphatic carbocycles. The van der Waals surface area contributed by atoms with Crippen LogP contribution in [0.1, 0.15) is 23.4 Å². The van der Waals surface area contributed by atoms with E-state index in [1.54, 1.807) is 35.5 Å². The molecule has 0 radical (unpaired) electrons. The zero-order valence-corrected chi connectivity index (χ0v) is 19.1. The van der Waals surface area contributed by atoms with Crippen molar-refractivity contribution in [3.05, 3.63) is 65.3 Å². The van der Waals surface area contributed by atoms with E-state index >= 15 is 0 Å². The van der Waals surface area contributed by atoms with Gasteiger partial charge < -0.3 is 9.42 Å². The van der Waals surface area contributed by atoms with Crippen LogP contribution in [-0.4, -0.2) is 60.5 Å². The first-order chi connectivity index (χ1) is 15.3. The zero-order chi connectivity index (χ0) is 22.7. The van der Waals surface area contributed by atoms with E-state index in [1.807, 2.05) is 19.1 Å². The van der Waals surface area contributed by atoms with Crippen LogP contribution in [-0.2, 0) is 16.4 Å². The molecular formula is C23H27FN4O3S. The molecule has 3 aromatic rings. The quantitative estimate of drug-likeness (QED) is 0.540. The van der Waals surface area contributed by atoms with Gasteiger partial charge >= 0.3 is 0 Å². The highest BCUT2D eigenvalue weighted by atomic mass is 32.2. The topological polar surface area (TPSA) is 79.5 Å². The lowest BCUT2D eigenvalue weighted by atomic mass is 10.1. The fourth-order valence-corrected chi connectivity index (χ4v) is 5.13. The van der Waals surface area contributed by atoms with E-state index in [1.165, 1.54) is 6.07 Å². The predicted octanol–water partition coefficient (Wildman–Crippen LogP) is 3.43. The number of piperazine rings is 1. The van der Waals surface area contributed by atoms with Crippen molar-refractivity contribution in [2.45, 2.75) is 31.6 Å². The van der Waals surface area contributed by atoms with Crippen molar-refractivity contribution in [1.82, 2.24) is 19.3 Å². The maximum Gasteiger partial charge on any atom is 0.243 e. The summed E-state index contributed by atoms with van der Waals surface area (Å²) < 4.78 is 46.3. The number of hydrogen-bond acceptors (Lipinski definition) is 6. The summed E-state index contributed by atoms with van der Waals surface area (Å²) in [6, 6.07) is 11.9. The average Bonchev–Trinajstić information content (AvgIpc) is 3.25. The van der Waals surface area contributed by atoms with Gasteiger partial charge in [0.2, 0.25) is 21.7 Å². The van der Waals surface area contributed by atoms with Crippen LogP contribution in [0.2, 0.25) is 0 Å². The smallest absolute Gasteiger partial charge is 0.243 e. The number of aromatic nitrogens is 2. The summed E-state index contributed by atoms with van der Waals surface area (Å²) in [6.07, 6.45) is 1.43. The summed E-state index contributed by atoms with van der Waals surface area (Å²) in [6.45, 7) is 6.77. The van der Waals surface area contributed by atoms with Crippen LogP contribution in [0.4, 0.5) is 4.39 Å². The lowest BCUT2D eigenvalue weighted by molar-refractivity contribution is 0.185. The first kappa shape index (κ1) is 22.6. The van der Waals surface area contributed by atoms with Crippen LogP contribution in [0, 0.1) is 19.7 Å². The molecule has 0 spiro atoms. The Kier molecular flexibility index (Phi) is 6.68. The standard InChI is InChI=1S/C23H27FN4O3S/c1-17-5-9-20(10-6-17)32(29,30)28-14-12-27(13-15-28)11-3-4-22-25-23(26-31-22)19-8-7-18(2)21(24)16-19/h5-10,16H,3-4,11-15H2,1-2H3. The van der Waals surface area contributed by atoms with Gasteiger partial charge in [0.05, 0.1) is 4.90 Å². The molecule has 1 aliphatic heterocycles. The summed E-state index contributed by atoms with van der Waals surface area (Å²) in [4.78, 5) is 6.96. The third-order valence-corrected chi connectivity index (χ3v) is 7.67. The van der Waals surface area contributed by atoms with Crippen molar-refractivity contribution >= 4 is 10.0 Å². The molecule has 0 atom stereocenters. The highest BCUT2D eigenvalue weighted by Gasteiger charge is 2.28. The second-order valence-electron chi connectivity index (χ2n) is 8.14. The van der Waals surface area contributed by atoms with Crippen molar-refractivity contribution in [1.29, 1.82) is 0 Å². The Bertz CT molecular complexity index is 1170. The predicted molar refractivity (Wildman–Crippen MR) is 119 cm³/mol. The summed E-state index contributed by atoms with van der Waals surface area (Å²) in [5.41, 5.74) is 2.20. The second-order valence-corrected chi connectivity index (χ2v) is 10.1. The minimum Gasteiger partial charge on any atom is -0.339 e. The van der Waals surface area contributed by atoms with Crippen molar-refractivity contribution in [2.75, 3.05) is 32.7 Å². The summed E-state index contributed by atoms with van der Waals surface area (Å²) >= 11 is 0. The van der Waals surface area contributed by atoms with Crippen LogP contribution in [0.3, 0.4) is 0 Å². The molecule has 2 heterocycles. The minimum absolute atomic E-state index is 0.294. The Morgan fingerprint density at radius 3 is 2.44 bits per heavy atom. The monoisotopic (exact) mass is 458 g/mol. The molecule has 1 aromatic heterocycles. The Morgan fingerprint density at radius 2 is 1.75 bits per heavy atom. The number of halogens is 1. The molecule has 1 aliphatic rings. The second kappa shape index (κ2) is 9.48. The molecule has 0 amide bonds. The van der Waals surface area contributed by atoms with Crippen molar-refractivity contribution in [2.24, 2.45) is 0 Å². The molecule has 32 heavy (non-hydrogen) atoms. The molecule has 0 bridgehead atoms. The van der Waals surface area contributed by atoms with Crippen molar-refractivity contribution in [3.8, 4) is 11.4 Å². The van der Waals surface area contributed by atoms with Crippen LogP contribution < -0.4 is 0 Å². The van der Waals surface area contributed by atoms with E-state index in [0.29, 0.717) is 60.3 Å². The van der Waals surface area contributed by atoms with E-state index in [4.69, 9.17) is 4.52 Å². The number of nitrogens with zero attached hydrogens (tertiary/aromatic N) is 4. The van der Waals surface area contributed by atoms with Gasteiger partial charge in [-0.1, -0.05) is 35.0 Å². The highest BCUT2D eigenvalue weighted by Crippen LogP contribution is 2.20. The molecule has 1 fully saturated rings. The third kappa shape index (κ3) is 5.06. The van der Waals surface area contributed by atoms with Gasteiger partial charge in [0, 0.05) is 38.2 Å². The molecule has 0 unspecified atom stereocenters. The van der Waals surface area contributed by atoms with Gasteiger partial charge in [0.25, 0.3) is 0 Å². The summed E-state index contributed by atoms with van der Waals surface area (Å²) in [7, 11) is -3.45. The zero-order valence-electron chi connectivity index (χ0n) is 18.3. The van der Waals surface area contributed by atoms with Gasteiger partial charge in [-0.25, -0.2) is 12.8 Å². The minimum atomic E-state index is -3.45. The number of hydrogen-bond donors (Lipinski definition) is 0. The fraction of sp³-hybridized carbons (Fsp3) is 0.391. The molecule has 0 N–H and O–H groups in total. The van der Waals surface area contributed by atoms with E-state index in [-0.39, 0.29) is 5.82 Å².